The molecule has 0 amide bonds. The second-order valence-corrected chi connectivity index (χ2v) is 8.80. The van der Waals surface area contributed by atoms with Crippen molar-refractivity contribution in [2.75, 3.05) is 0 Å². The number of hydrogen-bond donors (Lipinski definition) is 0. The first-order valence-electron chi connectivity index (χ1n) is 9.03. The van der Waals surface area contributed by atoms with Crippen LogP contribution in [0.3, 0.4) is 0 Å². The number of carbonyl (C=O) groups is 1. The molecular formula is C19H26O2. The Kier molecular flexibility index (Phi) is 2.51. The molecule has 0 aliphatic heterocycles. The second kappa shape index (κ2) is 4.14. The number of rotatable bonds is 2. The van der Waals surface area contributed by atoms with Crippen LogP contribution in [0.5, 0.6) is 0 Å². The molecule has 21 heavy (non-hydrogen) atoms. The fourth-order valence-electron chi connectivity index (χ4n) is 6.63. The van der Waals surface area contributed by atoms with E-state index >= 15 is 0 Å². The van der Waals surface area contributed by atoms with Crippen LogP contribution in [-0.4, -0.2) is 11.6 Å². The SMILES string of the molecule is CC1(OC(=O)[C@H]2C[C@@H]3C=C[C@H]2C3)C2CC3CC(C2)CC1C3. The number of fused-ring (bicyclic) bond motifs is 2. The Hall–Kier alpha value is -0.790. The standard InChI is InChI=1S/C19H26O2/c1-19(15-6-12-4-13(8-15)9-16(19)7-12)21-18(20)17-10-11-2-3-14(17)5-11/h2-3,11-17H,4-10H2,1H3/t11-,12?,13?,14+,15?,16?,17+,19?/m1/s1. The molecule has 6 aliphatic carbocycles. The third-order valence-electron chi connectivity index (χ3n) is 7.66. The summed E-state index contributed by atoms with van der Waals surface area (Å²) < 4.78 is 6.28. The average Bonchev–Trinajstić information content (AvgIpc) is 3.07. The van der Waals surface area contributed by atoms with Gasteiger partial charge in [-0.3, -0.25) is 4.79 Å². The highest BCUT2D eigenvalue weighted by Crippen LogP contribution is 2.60. The zero-order chi connectivity index (χ0) is 14.2. The molecule has 0 aromatic carbocycles. The molecule has 3 atom stereocenters. The van der Waals surface area contributed by atoms with Gasteiger partial charge in [0.15, 0.2) is 0 Å². The maximum absolute atomic E-state index is 12.8. The molecule has 0 unspecified atom stereocenters. The molecule has 6 rings (SSSR count). The lowest BCUT2D eigenvalue weighted by atomic mass is 9.50. The molecule has 114 valence electrons. The molecule has 0 N–H and O–H groups in total. The van der Waals surface area contributed by atoms with Crippen LogP contribution >= 0.6 is 0 Å². The monoisotopic (exact) mass is 286 g/mol. The average molecular weight is 286 g/mol. The molecule has 0 aromatic rings. The molecule has 6 aliphatic rings. The third kappa shape index (κ3) is 1.74. The summed E-state index contributed by atoms with van der Waals surface area (Å²) in [4.78, 5) is 12.8. The maximum atomic E-state index is 12.8. The lowest BCUT2D eigenvalue weighted by Gasteiger charge is -2.59. The van der Waals surface area contributed by atoms with Crippen LogP contribution in [0.1, 0.15) is 51.9 Å². The van der Waals surface area contributed by atoms with E-state index in [1.54, 1.807) is 0 Å². The van der Waals surface area contributed by atoms with Gasteiger partial charge in [0.05, 0.1) is 5.92 Å². The number of hydrogen-bond acceptors (Lipinski definition) is 2. The van der Waals surface area contributed by atoms with Gasteiger partial charge in [-0.15, -0.1) is 0 Å². The molecule has 0 saturated heterocycles. The quantitative estimate of drug-likeness (QED) is 0.567. The molecular weight excluding hydrogens is 260 g/mol. The number of esters is 1. The molecule has 0 heterocycles. The summed E-state index contributed by atoms with van der Waals surface area (Å²) in [7, 11) is 0. The van der Waals surface area contributed by atoms with Crippen LogP contribution < -0.4 is 0 Å². The van der Waals surface area contributed by atoms with Gasteiger partial charge in [0.1, 0.15) is 5.60 Å². The molecule has 2 heteroatoms. The van der Waals surface area contributed by atoms with Crippen molar-refractivity contribution in [1.29, 1.82) is 0 Å². The molecule has 6 bridgehead atoms. The summed E-state index contributed by atoms with van der Waals surface area (Å²) in [5, 5.41) is 0. The predicted molar refractivity (Wildman–Crippen MR) is 80.4 cm³/mol. The maximum Gasteiger partial charge on any atom is 0.310 e. The predicted octanol–water partition coefficient (Wildman–Crippen LogP) is 3.96. The molecule has 0 radical (unpaired) electrons. The van der Waals surface area contributed by atoms with Crippen LogP contribution in [0.25, 0.3) is 0 Å². The summed E-state index contributed by atoms with van der Waals surface area (Å²) in [6.45, 7) is 2.26. The van der Waals surface area contributed by atoms with Crippen molar-refractivity contribution in [3.8, 4) is 0 Å². The van der Waals surface area contributed by atoms with Crippen molar-refractivity contribution in [1.82, 2.24) is 0 Å². The first-order valence-corrected chi connectivity index (χ1v) is 9.03. The Morgan fingerprint density at radius 1 is 0.952 bits per heavy atom. The van der Waals surface area contributed by atoms with Gasteiger partial charge in [-0.25, -0.2) is 0 Å². The van der Waals surface area contributed by atoms with Crippen LogP contribution in [0, 0.1) is 41.4 Å². The minimum absolute atomic E-state index is 0.127. The van der Waals surface area contributed by atoms with E-state index in [0.29, 0.717) is 23.7 Å². The van der Waals surface area contributed by atoms with Crippen molar-refractivity contribution in [2.24, 2.45) is 41.4 Å². The third-order valence-corrected chi connectivity index (χ3v) is 7.66. The fraction of sp³-hybridized carbons (Fsp3) is 0.842. The summed E-state index contributed by atoms with van der Waals surface area (Å²) in [6, 6.07) is 0. The van der Waals surface area contributed by atoms with Gasteiger partial charge in [-0.1, -0.05) is 12.2 Å². The van der Waals surface area contributed by atoms with Gasteiger partial charge in [0.25, 0.3) is 0 Å². The van der Waals surface area contributed by atoms with Crippen LogP contribution in [0.2, 0.25) is 0 Å². The van der Waals surface area contributed by atoms with Crippen LogP contribution in [0.15, 0.2) is 12.2 Å². The normalized spacial score (nSPS) is 56.1. The zero-order valence-electron chi connectivity index (χ0n) is 13.0. The van der Waals surface area contributed by atoms with E-state index in [4.69, 9.17) is 4.74 Å². The van der Waals surface area contributed by atoms with Crippen LogP contribution in [-0.2, 0) is 9.53 Å². The van der Waals surface area contributed by atoms with Gasteiger partial charge in [0, 0.05) is 0 Å². The highest BCUT2D eigenvalue weighted by atomic mass is 16.6. The molecule has 5 saturated carbocycles. The van der Waals surface area contributed by atoms with Crippen molar-refractivity contribution in [3.63, 3.8) is 0 Å². The Bertz CT molecular complexity index is 478. The largest absolute Gasteiger partial charge is 0.459 e. The minimum atomic E-state index is -0.143. The van der Waals surface area contributed by atoms with E-state index in [1.807, 2.05) is 0 Å². The number of ether oxygens (including phenoxy) is 1. The van der Waals surface area contributed by atoms with Crippen molar-refractivity contribution in [3.05, 3.63) is 12.2 Å². The highest BCUT2D eigenvalue weighted by Gasteiger charge is 2.57. The number of allylic oxidation sites excluding steroid dienone is 2. The molecule has 5 fully saturated rings. The van der Waals surface area contributed by atoms with E-state index < -0.39 is 0 Å². The molecule has 2 nitrogen and oxygen atoms in total. The highest BCUT2D eigenvalue weighted by molar-refractivity contribution is 5.74. The van der Waals surface area contributed by atoms with E-state index in [9.17, 15) is 4.79 Å². The van der Waals surface area contributed by atoms with Gasteiger partial charge in [-0.05, 0) is 87.4 Å². The van der Waals surface area contributed by atoms with E-state index in [0.717, 1.165) is 18.3 Å². The van der Waals surface area contributed by atoms with E-state index in [1.165, 1.54) is 38.5 Å². The van der Waals surface area contributed by atoms with E-state index in [-0.39, 0.29) is 17.5 Å². The van der Waals surface area contributed by atoms with E-state index in [2.05, 4.69) is 19.1 Å². The fourth-order valence-corrected chi connectivity index (χ4v) is 6.63. The van der Waals surface area contributed by atoms with Gasteiger partial charge >= 0.3 is 5.97 Å². The summed E-state index contributed by atoms with van der Waals surface area (Å²) >= 11 is 0. The smallest absolute Gasteiger partial charge is 0.310 e. The Labute approximate surface area is 127 Å². The summed E-state index contributed by atoms with van der Waals surface area (Å²) in [5.74, 6) is 4.57. The first kappa shape index (κ1) is 12.7. The molecule has 0 spiro atoms. The lowest BCUT2D eigenvalue weighted by molar-refractivity contribution is -0.207. The zero-order valence-corrected chi connectivity index (χ0v) is 13.0. The van der Waals surface area contributed by atoms with Gasteiger partial charge in [0.2, 0.25) is 0 Å². The summed E-state index contributed by atoms with van der Waals surface area (Å²) in [5.41, 5.74) is -0.143. The van der Waals surface area contributed by atoms with Gasteiger partial charge < -0.3 is 4.74 Å². The van der Waals surface area contributed by atoms with Gasteiger partial charge in [-0.2, -0.15) is 0 Å². The number of carbonyl (C=O) groups excluding carboxylic acids is 1. The van der Waals surface area contributed by atoms with Crippen molar-refractivity contribution in [2.45, 2.75) is 57.5 Å². The van der Waals surface area contributed by atoms with Crippen LogP contribution in [0.4, 0.5) is 0 Å². The Balaban J connectivity index is 1.35. The summed E-state index contributed by atoms with van der Waals surface area (Å²) in [6.07, 6.45) is 13.5. The Morgan fingerprint density at radius 3 is 2.14 bits per heavy atom. The molecule has 0 aromatic heterocycles. The topological polar surface area (TPSA) is 26.3 Å². The van der Waals surface area contributed by atoms with Crippen molar-refractivity contribution >= 4 is 5.97 Å². The minimum Gasteiger partial charge on any atom is -0.459 e. The second-order valence-electron chi connectivity index (χ2n) is 8.80. The first-order chi connectivity index (χ1) is 10.1. The lowest BCUT2D eigenvalue weighted by Crippen LogP contribution is -2.58. The Morgan fingerprint density at radius 2 is 1.62 bits per heavy atom. The van der Waals surface area contributed by atoms with Crippen molar-refractivity contribution < 1.29 is 9.53 Å².